The van der Waals surface area contributed by atoms with Crippen molar-refractivity contribution in [3.8, 4) is 11.9 Å². The molecule has 0 aliphatic heterocycles. The summed E-state index contributed by atoms with van der Waals surface area (Å²) >= 11 is 5.84. The van der Waals surface area contributed by atoms with Crippen molar-refractivity contribution in [2.75, 3.05) is 24.9 Å². The molecule has 1 aromatic heterocycles. The van der Waals surface area contributed by atoms with Crippen LogP contribution in [0.5, 0.6) is 11.9 Å². The number of amides is 2. The molecule has 2 amide bonds. The summed E-state index contributed by atoms with van der Waals surface area (Å²) in [6.07, 6.45) is 1.39. The van der Waals surface area contributed by atoms with Gasteiger partial charge in [-0.15, -0.1) is 0 Å². The van der Waals surface area contributed by atoms with Gasteiger partial charge in [-0.2, -0.15) is 4.98 Å². The van der Waals surface area contributed by atoms with Gasteiger partial charge in [0.1, 0.15) is 5.69 Å². The fraction of sp³-hybridized carbons (Fsp3) is 0.154. The maximum Gasteiger partial charge on any atom is 0.323 e. The van der Waals surface area contributed by atoms with Crippen LogP contribution in [-0.4, -0.2) is 30.2 Å². The molecule has 2 rings (SSSR count). The van der Waals surface area contributed by atoms with Gasteiger partial charge in [0.2, 0.25) is 5.88 Å². The highest BCUT2D eigenvalue weighted by Crippen LogP contribution is 2.23. The maximum atomic E-state index is 11.9. The molecule has 2 N–H and O–H groups in total. The highest BCUT2D eigenvalue weighted by atomic mass is 35.5. The van der Waals surface area contributed by atoms with Crippen LogP contribution in [0.4, 0.5) is 16.2 Å². The molecule has 0 aliphatic rings. The number of rotatable bonds is 4. The van der Waals surface area contributed by atoms with E-state index in [4.69, 9.17) is 21.1 Å². The highest BCUT2D eigenvalue weighted by Gasteiger charge is 2.11. The molecule has 1 heterocycles. The van der Waals surface area contributed by atoms with Gasteiger partial charge in [-0.1, -0.05) is 17.7 Å². The van der Waals surface area contributed by atoms with Gasteiger partial charge in [-0.25, -0.2) is 9.78 Å². The van der Waals surface area contributed by atoms with E-state index >= 15 is 0 Å². The van der Waals surface area contributed by atoms with Gasteiger partial charge in [-0.3, -0.25) is 0 Å². The van der Waals surface area contributed by atoms with E-state index in [1.807, 2.05) is 0 Å². The van der Waals surface area contributed by atoms with E-state index in [2.05, 4.69) is 20.6 Å². The number of benzene rings is 1. The molecule has 0 bridgehead atoms. The Kier molecular flexibility index (Phi) is 4.78. The number of carbonyl (C=O) groups is 1. The summed E-state index contributed by atoms with van der Waals surface area (Å²) in [5.41, 5.74) is 0.881. The van der Waals surface area contributed by atoms with Crippen molar-refractivity contribution < 1.29 is 14.3 Å². The predicted octanol–water partition coefficient (Wildman–Crippen LogP) is 2.79. The zero-order chi connectivity index (χ0) is 15.2. The third-order valence-corrected chi connectivity index (χ3v) is 2.67. The van der Waals surface area contributed by atoms with Crippen molar-refractivity contribution in [2.24, 2.45) is 0 Å². The first kappa shape index (κ1) is 14.9. The second-order valence-corrected chi connectivity index (χ2v) is 4.31. The molecule has 0 saturated heterocycles. The van der Waals surface area contributed by atoms with Gasteiger partial charge >= 0.3 is 12.0 Å². The Morgan fingerprint density at radius 2 is 2.05 bits per heavy atom. The zero-order valence-electron chi connectivity index (χ0n) is 11.4. The number of carbonyl (C=O) groups excluding carboxylic acids is 1. The lowest BCUT2D eigenvalue weighted by Gasteiger charge is -2.10. The zero-order valence-corrected chi connectivity index (χ0v) is 12.1. The normalized spacial score (nSPS) is 9.86. The van der Waals surface area contributed by atoms with Crippen molar-refractivity contribution in [3.63, 3.8) is 0 Å². The van der Waals surface area contributed by atoms with Gasteiger partial charge in [0.25, 0.3) is 0 Å². The van der Waals surface area contributed by atoms with E-state index in [0.29, 0.717) is 16.4 Å². The molecule has 0 atom stereocenters. The predicted molar refractivity (Wildman–Crippen MR) is 79.2 cm³/mol. The Bertz CT molecular complexity index is 651. The summed E-state index contributed by atoms with van der Waals surface area (Å²) < 4.78 is 9.94. The summed E-state index contributed by atoms with van der Waals surface area (Å²) in [4.78, 5) is 19.8. The van der Waals surface area contributed by atoms with Gasteiger partial charge in [0.15, 0.2) is 0 Å². The van der Waals surface area contributed by atoms with Crippen molar-refractivity contribution in [2.45, 2.75) is 0 Å². The van der Waals surface area contributed by atoms with Crippen LogP contribution in [0.3, 0.4) is 0 Å². The van der Waals surface area contributed by atoms with Crippen molar-refractivity contribution >= 4 is 29.0 Å². The van der Waals surface area contributed by atoms with Crippen LogP contribution in [0.25, 0.3) is 0 Å². The SMILES string of the molecule is COc1ncc(NC(=O)Nc2cccc(Cl)c2)c(OC)n1. The number of hydrogen-bond acceptors (Lipinski definition) is 5. The van der Waals surface area contributed by atoms with E-state index in [9.17, 15) is 4.79 Å². The number of nitrogens with zero attached hydrogens (tertiary/aromatic N) is 2. The molecular formula is C13H13ClN4O3. The summed E-state index contributed by atoms with van der Waals surface area (Å²) in [5, 5.41) is 5.74. The maximum absolute atomic E-state index is 11.9. The van der Waals surface area contributed by atoms with Crippen molar-refractivity contribution in [1.29, 1.82) is 0 Å². The number of nitrogens with one attached hydrogen (secondary N) is 2. The fourth-order valence-electron chi connectivity index (χ4n) is 1.54. The van der Waals surface area contributed by atoms with Crippen LogP contribution >= 0.6 is 11.6 Å². The smallest absolute Gasteiger partial charge is 0.323 e. The molecule has 110 valence electrons. The number of anilines is 2. The van der Waals surface area contributed by atoms with Gasteiger partial charge in [-0.05, 0) is 18.2 Å². The van der Waals surface area contributed by atoms with Crippen LogP contribution in [0.15, 0.2) is 30.5 Å². The molecule has 0 aliphatic carbocycles. The Balaban J connectivity index is 2.09. The number of aromatic nitrogens is 2. The lowest BCUT2D eigenvalue weighted by atomic mass is 10.3. The van der Waals surface area contributed by atoms with Crippen LogP contribution in [0, 0.1) is 0 Å². The number of urea groups is 1. The second-order valence-electron chi connectivity index (χ2n) is 3.87. The first-order valence-electron chi connectivity index (χ1n) is 5.91. The molecule has 21 heavy (non-hydrogen) atoms. The molecule has 7 nitrogen and oxygen atoms in total. The van der Waals surface area contributed by atoms with E-state index < -0.39 is 6.03 Å². The fourth-order valence-corrected chi connectivity index (χ4v) is 1.73. The van der Waals surface area contributed by atoms with Gasteiger partial charge < -0.3 is 20.1 Å². The number of hydrogen-bond donors (Lipinski definition) is 2. The molecule has 0 radical (unpaired) electrons. The number of halogens is 1. The van der Waals surface area contributed by atoms with Crippen LogP contribution < -0.4 is 20.1 Å². The molecule has 0 fully saturated rings. The molecular weight excluding hydrogens is 296 g/mol. The van der Waals surface area contributed by atoms with Crippen LogP contribution in [0.2, 0.25) is 5.02 Å². The van der Waals surface area contributed by atoms with Crippen LogP contribution in [0.1, 0.15) is 0 Å². The quantitative estimate of drug-likeness (QED) is 0.907. The lowest BCUT2D eigenvalue weighted by Crippen LogP contribution is -2.20. The summed E-state index contributed by atoms with van der Waals surface area (Å²) in [7, 11) is 2.87. The Hall–Kier alpha value is -2.54. The summed E-state index contributed by atoms with van der Waals surface area (Å²) in [5.74, 6) is 0.197. The minimum Gasteiger partial charge on any atom is -0.479 e. The Labute approximate surface area is 126 Å². The number of ether oxygens (including phenoxy) is 2. The Morgan fingerprint density at radius 1 is 1.24 bits per heavy atom. The van der Waals surface area contributed by atoms with E-state index in [-0.39, 0.29) is 11.9 Å². The summed E-state index contributed by atoms with van der Waals surface area (Å²) in [6, 6.07) is 6.47. The minimum absolute atomic E-state index is 0.146. The van der Waals surface area contributed by atoms with Crippen molar-refractivity contribution in [3.05, 3.63) is 35.5 Å². The largest absolute Gasteiger partial charge is 0.479 e. The van der Waals surface area contributed by atoms with E-state index in [1.54, 1.807) is 24.3 Å². The van der Waals surface area contributed by atoms with Crippen molar-refractivity contribution in [1.82, 2.24) is 9.97 Å². The van der Waals surface area contributed by atoms with E-state index in [1.165, 1.54) is 20.4 Å². The van der Waals surface area contributed by atoms with Gasteiger partial charge in [0, 0.05) is 10.7 Å². The average Bonchev–Trinajstić information content (AvgIpc) is 2.47. The van der Waals surface area contributed by atoms with Crippen LogP contribution in [-0.2, 0) is 0 Å². The molecule has 0 unspecified atom stereocenters. The van der Waals surface area contributed by atoms with E-state index in [0.717, 1.165) is 0 Å². The lowest BCUT2D eigenvalue weighted by molar-refractivity contribution is 0.262. The molecule has 0 spiro atoms. The monoisotopic (exact) mass is 308 g/mol. The third kappa shape index (κ3) is 3.96. The molecule has 1 aromatic carbocycles. The third-order valence-electron chi connectivity index (χ3n) is 2.44. The first-order chi connectivity index (χ1) is 10.1. The number of methoxy groups -OCH3 is 2. The molecule has 8 heteroatoms. The molecule has 2 aromatic rings. The average molecular weight is 309 g/mol. The standard InChI is InChI=1S/C13H13ClN4O3/c1-20-11-10(7-15-13(18-11)21-2)17-12(19)16-9-5-3-4-8(14)6-9/h3-7H,1-2H3,(H2,16,17,19). The Morgan fingerprint density at radius 3 is 2.71 bits per heavy atom. The minimum atomic E-state index is -0.468. The second kappa shape index (κ2) is 6.76. The topological polar surface area (TPSA) is 85.4 Å². The summed E-state index contributed by atoms with van der Waals surface area (Å²) in [6.45, 7) is 0. The molecule has 0 saturated carbocycles. The van der Waals surface area contributed by atoms with Gasteiger partial charge in [0.05, 0.1) is 20.4 Å². The highest BCUT2D eigenvalue weighted by molar-refractivity contribution is 6.30. The first-order valence-corrected chi connectivity index (χ1v) is 6.28.